The number of aryl methyl sites for hydroxylation is 1. The molecule has 0 saturated heterocycles. The third kappa shape index (κ3) is 1.49. The van der Waals surface area contributed by atoms with E-state index in [-0.39, 0.29) is 6.54 Å². The highest BCUT2D eigenvalue weighted by Gasteiger charge is 2.06. The Balaban J connectivity index is 2.50. The number of aliphatic hydroxyl groups is 1. The zero-order valence-electron chi connectivity index (χ0n) is 7.99. The lowest BCUT2D eigenvalue weighted by Crippen LogP contribution is -2.11. The molecule has 1 aromatic heterocycles. The molecule has 14 heavy (non-hydrogen) atoms. The summed E-state index contributed by atoms with van der Waals surface area (Å²) in [6.45, 7) is 2.14. The predicted molar refractivity (Wildman–Crippen MR) is 54.8 cm³/mol. The Kier molecular flexibility index (Phi) is 2.23. The van der Waals surface area contributed by atoms with Crippen LogP contribution >= 0.6 is 0 Å². The Bertz CT molecular complexity index is 450. The summed E-state index contributed by atoms with van der Waals surface area (Å²) in [5, 5.41) is 9.54. The molecule has 0 radical (unpaired) electrons. The van der Waals surface area contributed by atoms with E-state index in [1.165, 1.54) is 0 Å². The lowest BCUT2D eigenvalue weighted by Gasteiger charge is -2.06. The van der Waals surface area contributed by atoms with Gasteiger partial charge in [-0.25, -0.2) is 4.98 Å². The van der Waals surface area contributed by atoms with Gasteiger partial charge in [0.1, 0.15) is 5.82 Å². The fraction of sp³-hybridized carbons (Fsp3) is 0.300. The molecule has 0 saturated carbocycles. The van der Waals surface area contributed by atoms with E-state index in [4.69, 9.17) is 5.73 Å². The van der Waals surface area contributed by atoms with Crippen LogP contribution in [-0.2, 0) is 0 Å². The van der Waals surface area contributed by atoms with E-state index >= 15 is 0 Å². The molecule has 0 aliphatic rings. The van der Waals surface area contributed by atoms with Gasteiger partial charge in [-0.2, -0.15) is 0 Å². The Morgan fingerprint density at radius 2 is 2.36 bits per heavy atom. The second kappa shape index (κ2) is 3.40. The van der Waals surface area contributed by atoms with Crippen molar-refractivity contribution in [2.45, 2.75) is 13.0 Å². The van der Waals surface area contributed by atoms with Gasteiger partial charge in [0.15, 0.2) is 0 Å². The molecule has 1 unspecified atom stereocenters. The van der Waals surface area contributed by atoms with Crippen LogP contribution in [-0.4, -0.2) is 21.6 Å². The molecule has 0 aliphatic carbocycles. The lowest BCUT2D eigenvalue weighted by molar-refractivity contribution is 0.187. The summed E-state index contributed by atoms with van der Waals surface area (Å²) in [6, 6.07) is 5.61. The summed E-state index contributed by atoms with van der Waals surface area (Å²) >= 11 is 0. The van der Waals surface area contributed by atoms with Gasteiger partial charge in [-0.3, -0.25) is 0 Å². The SMILES string of the molecule is Cc1nc2ccc(C(O)CN)cc2[nH]1. The second-order valence-electron chi connectivity index (χ2n) is 3.35. The highest BCUT2D eigenvalue weighted by molar-refractivity contribution is 5.75. The summed E-state index contributed by atoms with van der Waals surface area (Å²) in [7, 11) is 0. The molecule has 0 amide bonds. The van der Waals surface area contributed by atoms with Crippen LogP contribution in [0.3, 0.4) is 0 Å². The van der Waals surface area contributed by atoms with E-state index in [0.29, 0.717) is 0 Å². The molecule has 4 heteroatoms. The van der Waals surface area contributed by atoms with E-state index in [0.717, 1.165) is 22.4 Å². The summed E-state index contributed by atoms with van der Waals surface area (Å²) in [5.41, 5.74) is 8.05. The highest BCUT2D eigenvalue weighted by atomic mass is 16.3. The maximum Gasteiger partial charge on any atom is 0.104 e. The number of nitrogens with one attached hydrogen (secondary N) is 1. The van der Waals surface area contributed by atoms with Gasteiger partial charge >= 0.3 is 0 Å². The van der Waals surface area contributed by atoms with Gasteiger partial charge in [-0.1, -0.05) is 6.07 Å². The number of hydrogen-bond donors (Lipinski definition) is 3. The van der Waals surface area contributed by atoms with Gasteiger partial charge in [0.2, 0.25) is 0 Å². The van der Waals surface area contributed by atoms with Crippen molar-refractivity contribution in [3.8, 4) is 0 Å². The number of H-pyrrole nitrogens is 1. The van der Waals surface area contributed by atoms with E-state index in [9.17, 15) is 5.11 Å². The minimum atomic E-state index is -0.594. The van der Waals surface area contributed by atoms with E-state index in [1.54, 1.807) is 0 Å². The second-order valence-corrected chi connectivity index (χ2v) is 3.35. The van der Waals surface area contributed by atoms with Crippen LogP contribution in [0, 0.1) is 6.92 Å². The Morgan fingerprint density at radius 1 is 1.57 bits per heavy atom. The summed E-state index contributed by atoms with van der Waals surface area (Å²) in [4.78, 5) is 7.39. The lowest BCUT2D eigenvalue weighted by atomic mass is 10.1. The molecule has 0 bridgehead atoms. The summed E-state index contributed by atoms with van der Waals surface area (Å²) < 4.78 is 0. The van der Waals surface area contributed by atoms with Gasteiger partial charge in [-0.05, 0) is 24.6 Å². The number of hydrogen-bond acceptors (Lipinski definition) is 3. The maximum absolute atomic E-state index is 9.54. The minimum absolute atomic E-state index is 0.235. The molecule has 1 atom stereocenters. The topological polar surface area (TPSA) is 74.9 Å². The predicted octanol–water partition coefficient (Wildman–Crippen LogP) is 0.863. The van der Waals surface area contributed by atoms with Crippen molar-refractivity contribution in [3.63, 3.8) is 0 Å². The van der Waals surface area contributed by atoms with Crippen LogP contribution in [0.5, 0.6) is 0 Å². The molecule has 2 aromatic rings. The number of imidazole rings is 1. The molecular weight excluding hydrogens is 178 g/mol. The molecule has 1 heterocycles. The summed E-state index contributed by atoms with van der Waals surface area (Å²) in [5.74, 6) is 0.874. The van der Waals surface area contributed by atoms with E-state index in [1.807, 2.05) is 25.1 Å². The molecule has 1 aromatic carbocycles. The number of fused-ring (bicyclic) bond motifs is 1. The smallest absolute Gasteiger partial charge is 0.104 e. The zero-order chi connectivity index (χ0) is 10.1. The molecule has 0 spiro atoms. The van der Waals surface area contributed by atoms with Crippen molar-refractivity contribution in [1.29, 1.82) is 0 Å². The Hall–Kier alpha value is -1.39. The standard InChI is InChI=1S/C10H13N3O/c1-6-12-8-3-2-7(10(14)5-11)4-9(8)13-6/h2-4,10,14H,5,11H2,1H3,(H,12,13). The average Bonchev–Trinajstić information content (AvgIpc) is 2.55. The molecule has 74 valence electrons. The van der Waals surface area contributed by atoms with Gasteiger partial charge in [-0.15, -0.1) is 0 Å². The van der Waals surface area contributed by atoms with Crippen molar-refractivity contribution >= 4 is 11.0 Å². The Morgan fingerprint density at radius 3 is 3.07 bits per heavy atom. The number of nitrogens with zero attached hydrogens (tertiary/aromatic N) is 1. The van der Waals surface area contributed by atoms with Crippen LogP contribution in [0.15, 0.2) is 18.2 Å². The first-order valence-corrected chi connectivity index (χ1v) is 4.55. The van der Waals surface area contributed by atoms with Crippen molar-refractivity contribution in [2.75, 3.05) is 6.54 Å². The monoisotopic (exact) mass is 191 g/mol. The van der Waals surface area contributed by atoms with Crippen LogP contribution in [0.1, 0.15) is 17.5 Å². The van der Waals surface area contributed by atoms with Gasteiger partial charge < -0.3 is 15.8 Å². The normalized spacial score (nSPS) is 13.4. The van der Waals surface area contributed by atoms with E-state index < -0.39 is 6.10 Å². The molecule has 4 N–H and O–H groups in total. The summed E-state index contributed by atoms with van der Waals surface area (Å²) in [6.07, 6.45) is -0.594. The van der Waals surface area contributed by atoms with Gasteiger partial charge in [0.25, 0.3) is 0 Å². The number of aromatic amines is 1. The fourth-order valence-electron chi connectivity index (χ4n) is 1.50. The third-order valence-electron chi connectivity index (χ3n) is 2.23. The first-order chi connectivity index (χ1) is 6.70. The number of rotatable bonds is 2. The van der Waals surface area contributed by atoms with E-state index in [2.05, 4.69) is 9.97 Å². The molecule has 0 fully saturated rings. The van der Waals surface area contributed by atoms with Crippen LogP contribution in [0.4, 0.5) is 0 Å². The van der Waals surface area contributed by atoms with Crippen molar-refractivity contribution < 1.29 is 5.11 Å². The average molecular weight is 191 g/mol. The third-order valence-corrected chi connectivity index (χ3v) is 2.23. The van der Waals surface area contributed by atoms with Crippen LogP contribution in [0.2, 0.25) is 0 Å². The maximum atomic E-state index is 9.54. The molecule has 2 rings (SSSR count). The van der Waals surface area contributed by atoms with Gasteiger partial charge in [0, 0.05) is 6.54 Å². The van der Waals surface area contributed by atoms with Crippen LogP contribution in [0.25, 0.3) is 11.0 Å². The quantitative estimate of drug-likeness (QED) is 0.659. The zero-order valence-corrected chi connectivity index (χ0v) is 7.99. The number of benzene rings is 1. The van der Waals surface area contributed by atoms with Crippen molar-refractivity contribution in [1.82, 2.24) is 9.97 Å². The Labute approximate surface area is 81.8 Å². The van der Waals surface area contributed by atoms with Crippen molar-refractivity contribution in [2.24, 2.45) is 5.73 Å². The van der Waals surface area contributed by atoms with Gasteiger partial charge in [0.05, 0.1) is 17.1 Å². The minimum Gasteiger partial charge on any atom is -0.387 e. The molecule has 4 nitrogen and oxygen atoms in total. The number of aromatic nitrogens is 2. The number of nitrogens with two attached hydrogens (primary N) is 1. The fourth-order valence-corrected chi connectivity index (χ4v) is 1.50. The largest absolute Gasteiger partial charge is 0.387 e. The van der Waals surface area contributed by atoms with Crippen LogP contribution < -0.4 is 5.73 Å². The molecule has 0 aliphatic heterocycles. The first-order valence-electron chi connectivity index (χ1n) is 4.55. The van der Waals surface area contributed by atoms with Crippen molar-refractivity contribution in [3.05, 3.63) is 29.6 Å². The number of aliphatic hydroxyl groups excluding tert-OH is 1. The molecular formula is C10H13N3O. The highest BCUT2D eigenvalue weighted by Crippen LogP contribution is 2.18. The first kappa shape index (κ1) is 9.18.